The van der Waals surface area contributed by atoms with E-state index in [-0.39, 0.29) is 31.0 Å². The number of hydrogen-bond acceptors (Lipinski definition) is 4. The van der Waals surface area contributed by atoms with E-state index in [0.29, 0.717) is 12.0 Å². The third-order valence-electron chi connectivity index (χ3n) is 6.65. The minimum Gasteiger partial charge on any atom is -0.460 e. The number of carbonyl (C=O) groups is 2. The Kier molecular flexibility index (Phi) is 5.14. The first-order valence-electron chi connectivity index (χ1n) is 9.30. The van der Waals surface area contributed by atoms with Crippen LogP contribution in [0.25, 0.3) is 0 Å². The van der Waals surface area contributed by atoms with E-state index in [1.54, 1.807) is 6.92 Å². The summed E-state index contributed by atoms with van der Waals surface area (Å²) in [6.07, 6.45) is 7.39. The molecule has 0 unspecified atom stereocenters. The monoisotopic (exact) mass is 334 g/mol. The molecule has 0 aromatic heterocycles. The van der Waals surface area contributed by atoms with Crippen molar-refractivity contribution in [3.8, 4) is 0 Å². The average Bonchev–Trinajstić information content (AvgIpc) is 2.51. The maximum Gasteiger partial charge on any atom is 0.333 e. The van der Waals surface area contributed by atoms with Crippen LogP contribution in [0.1, 0.15) is 52.4 Å². The fourth-order valence-corrected chi connectivity index (χ4v) is 5.53. The van der Waals surface area contributed by atoms with Gasteiger partial charge in [-0.05, 0) is 68.1 Å². The van der Waals surface area contributed by atoms with Crippen LogP contribution >= 0.6 is 0 Å². The highest BCUT2D eigenvalue weighted by atomic mass is 16.6. The SMILES string of the molecule is C=C(C)C(=O)OCCOCC(=O)CC1(C)C2CC3CC(C2)CC1C3. The minimum absolute atomic E-state index is 0.131. The molecule has 4 bridgehead atoms. The predicted molar refractivity (Wildman–Crippen MR) is 91.4 cm³/mol. The summed E-state index contributed by atoms with van der Waals surface area (Å²) in [6.45, 7) is 8.04. The lowest BCUT2D eigenvalue weighted by Crippen LogP contribution is -2.52. The van der Waals surface area contributed by atoms with Gasteiger partial charge in [-0.2, -0.15) is 0 Å². The van der Waals surface area contributed by atoms with Crippen LogP contribution in [0.2, 0.25) is 0 Å². The number of Topliss-reactive ketones (excluding diaryl/α,β-unsaturated/α-hetero) is 1. The Hall–Kier alpha value is -1.16. The van der Waals surface area contributed by atoms with E-state index < -0.39 is 5.97 Å². The highest BCUT2D eigenvalue weighted by molar-refractivity contribution is 5.86. The molecule has 4 fully saturated rings. The van der Waals surface area contributed by atoms with Crippen molar-refractivity contribution in [3.63, 3.8) is 0 Å². The second-order valence-corrected chi connectivity index (χ2v) is 8.49. The molecule has 0 heterocycles. The third kappa shape index (κ3) is 3.58. The summed E-state index contributed by atoms with van der Waals surface area (Å²) >= 11 is 0. The third-order valence-corrected chi connectivity index (χ3v) is 6.65. The first kappa shape index (κ1) is 17.7. The molecule has 4 rings (SSSR count). The molecule has 4 heteroatoms. The van der Waals surface area contributed by atoms with Gasteiger partial charge in [-0.1, -0.05) is 13.5 Å². The van der Waals surface area contributed by atoms with Gasteiger partial charge in [0.2, 0.25) is 0 Å². The second kappa shape index (κ2) is 6.99. The van der Waals surface area contributed by atoms with Crippen molar-refractivity contribution in [2.45, 2.75) is 52.4 Å². The fourth-order valence-electron chi connectivity index (χ4n) is 5.53. The summed E-state index contributed by atoms with van der Waals surface area (Å²) in [5.74, 6) is 3.09. The first-order chi connectivity index (χ1) is 11.4. The minimum atomic E-state index is -0.411. The Morgan fingerprint density at radius 2 is 1.62 bits per heavy atom. The highest BCUT2D eigenvalue weighted by Crippen LogP contribution is 2.63. The number of rotatable bonds is 8. The molecule has 4 saturated carbocycles. The lowest BCUT2D eigenvalue weighted by molar-refractivity contribution is -0.142. The van der Waals surface area contributed by atoms with Crippen molar-refractivity contribution in [2.75, 3.05) is 19.8 Å². The Bertz CT molecular complexity index is 494. The Morgan fingerprint density at radius 1 is 1.04 bits per heavy atom. The van der Waals surface area contributed by atoms with E-state index in [9.17, 15) is 9.59 Å². The molecule has 0 radical (unpaired) electrons. The maximum absolute atomic E-state index is 12.4. The molecule has 0 spiro atoms. The van der Waals surface area contributed by atoms with E-state index in [1.165, 1.54) is 32.1 Å². The Labute approximate surface area is 145 Å². The van der Waals surface area contributed by atoms with Gasteiger partial charge in [0.05, 0.1) is 6.61 Å². The van der Waals surface area contributed by atoms with Crippen molar-refractivity contribution >= 4 is 11.8 Å². The van der Waals surface area contributed by atoms with Gasteiger partial charge in [-0.15, -0.1) is 0 Å². The van der Waals surface area contributed by atoms with Crippen LogP contribution in [0.4, 0.5) is 0 Å². The molecule has 0 aromatic carbocycles. The zero-order valence-corrected chi connectivity index (χ0v) is 15.0. The van der Waals surface area contributed by atoms with Crippen molar-refractivity contribution < 1.29 is 19.1 Å². The van der Waals surface area contributed by atoms with Crippen molar-refractivity contribution in [2.24, 2.45) is 29.1 Å². The van der Waals surface area contributed by atoms with Gasteiger partial charge in [0, 0.05) is 12.0 Å². The summed E-state index contributed by atoms with van der Waals surface area (Å²) in [4.78, 5) is 23.6. The molecule has 24 heavy (non-hydrogen) atoms. The van der Waals surface area contributed by atoms with Crippen LogP contribution in [0.5, 0.6) is 0 Å². The Morgan fingerprint density at radius 3 is 2.17 bits per heavy atom. The smallest absolute Gasteiger partial charge is 0.333 e. The van der Waals surface area contributed by atoms with Gasteiger partial charge >= 0.3 is 5.97 Å². The molecular weight excluding hydrogens is 304 g/mol. The average molecular weight is 334 g/mol. The molecule has 134 valence electrons. The lowest BCUT2D eigenvalue weighted by Gasteiger charge is -2.60. The lowest BCUT2D eigenvalue weighted by atomic mass is 9.45. The zero-order chi connectivity index (χ0) is 17.3. The highest BCUT2D eigenvalue weighted by Gasteiger charge is 2.54. The topological polar surface area (TPSA) is 52.6 Å². The summed E-state index contributed by atoms with van der Waals surface area (Å²) in [5.41, 5.74) is 0.557. The normalized spacial score (nSPS) is 36.6. The second-order valence-electron chi connectivity index (χ2n) is 8.49. The molecule has 0 saturated heterocycles. The molecular formula is C20H30O4. The van der Waals surface area contributed by atoms with Gasteiger partial charge in [0.1, 0.15) is 13.2 Å². The van der Waals surface area contributed by atoms with Gasteiger partial charge in [-0.3, -0.25) is 4.79 Å². The van der Waals surface area contributed by atoms with Crippen LogP contribution < -0.4 is 0 Å². The van der Waals surface area contributed by atoms with Crippen LogP contribution in [-0.4, -0.2) is 31.6 Å². The summed E-state index contributed by atoms with van der Waals surface area (Å²) in [5, 5.41) is 0. The largest absolute Gasteiger partial charge is 0.460 e. The number of ether oxygens (including phenoxy) is 2. The number of carbonyl (C=O) groups excluding carboxylic acids is 2. The molecule has 4 aliphatic rings. The standard InChI is InChI=1S/C20H30O4/c1-13(2)19(22)24-5-4-23-12-18(21)11-20(3)16-7-14-6-15(9-16)10-17(20)8-14/h14-17H,1,4-12H2,2-3H3. The molecule has 0 atom stereocenters. The van der Waals surface area contributed by atoms with Crippen LogP contribution in [0, 0.1) is 29.1 Å². The number of esters is 1. The molecule has 0 aliphatic heterocycles. The first-order valence-corrected chi connectivity index (χ1v) is 9.30. The molecule has 0 N–H and O–H groups in total. The summed E-state index contributed by atoms with van der Waals surface area (Å²) in [7, 11) is 0. The zero-order valence-electron chi connectivity index (χ0n) is 15.0. The Balaban J connectivity index is 1.40. The van der Waals surface area contributed by atoms with Gasteiger partial charge in [0.15, 0.2) is 5.78 Å². The van der Waals surface area contributed by atoms with E-state index >= 15 is 0 Å². The van der Waals surface area contributed by atoms with Crippen LogP contribution in [-0.2, 0) is 19.1 Å². The maximum atomic E-state index is 12.4. The fraction of sp³-hybridized carbons (Fsp3) is 0.800. The van der Waals surface area contributed by atoms with Crippen LogP contribution in [0.3, 0.4) is 0 Å². The molecule has 4 nitrogen and oxygen atoms in total. The molecule has 0 aromatic rings. The summed E-state index contributed by atoms with van der Waals surface area (Å²) in [6, 6.07) is 0. The van der Waals surface area contributed by atoms with E-state index in [4.69, 9.17) is 9.47 Å². The van der Waals surface area contributed by atoms with E-state index in [1.807, 2.05) is 0 Å². The van der Waals surface area contributed by atoms with Crippen molar-refractivity contribution in [1.29, 1.82) is 0 Å². The number of hydrogen-bond donors (Lipinski definition) is 0. The summed E-state index contributed by atoms with van der Waals surface area (Å²) < 4.78 is 10.4. The van der Waals surface area contributed by atoms with Gasteiger partial charge in [0.25, 0.3) is 0 Å². The molecule has 4 aliphatic carbocycles. The van der Waals surface area contributed by atoms with E-state index in [0.717, 1.165) is 23.7 Å². The van der Waals surface area contributed by atoms with Crippen molar-refractivity contribution in [1.82, 2.24) is 0 Å². The number of ketones is 1. The van der Waals surface area contributed by atoms with Crippen LogP contribution in [0.15, 0.2) is 12.2 Å². The van der Waals surface area contributed by atoms with E-state index in [2.05, 4.69) is 13.5 Å². The quantitative estimate of drug-likeness (QED) is 0.387. The predicted octanol–water partition coefficient (Wildman–Crippen LogP) is 3.54. The van der Waals surface area contributed by atoms with Crippen molar-refractivity contribution in [3.05, 3.63) is 12.2 Å². The molecule has 0 amide bonds. The van der Waals surface area contributed by atoms with Gasteiger partial charge < -0.3 is 9.47 Å². The van der Waals surface area contributed by atoms with Gasteiger partial charge in [-0.25, -0.2) is 4.79 Å².